The van der Waals surface area contributed by atoms with Crippen LogP contribution in [-0.2, 0) is 11.2 Å². The van der Waals surface area contributed by atoms with Gasteiger partial charge in [0, 0.05) is 31.6 Å². The fraction of sp³-hybridized carbons (Fsp3) is 0.625. The van der Waals surface area contributed by atoms with Crippen LogP contribution in [-0.4, -0.2) is 66.7 Å². The van der Waals surface area contributed by atoms with Gasteiger partial charge in [0.25, 0.3) is 0 Å². The molecule has 1 aromatic heterocycles. The SMILES string of the molecule is COc1cc(CC(=O)N2CCC3(CC2)CC(c2noc(C(C)C)n2)N(C)C3)cc(OC)c1. The topological polar surface area (TPSA) is 80.9 Å². The smallest absolute Gasteiger partial charge is 0.229 e. The molecule has 1 spiro atoms. The first kappa shape index (κ1) is 22.6. The fourth-order valence-electron chi connectivity index (χ4n) is 5.02. The van der Waals surface area contributed by atoms with E-state index in [-0.39, 0.29) is 23.3 Å². The third-order valence-electron chi connectivity index (χ3n) is 6.94. The van der Waals surface area contributed by atoms with Crippen LogP contribution in [0.3, 0.4) is 0 Å². The summed E-state index contributed by atoms with van der Waals surface area (Å²) in [4.78, 5) is 22.0. The van der Waals surface area contributed by atoms with Crippen molar-refractivity contribution in [2.24, 2.45) is 5.41 Å². The number of hydrogen-bond acceptors (Lipinski definition) is 7. The highest BCUT2D eigenvalue weighted by atomic mass is 16.5. The Labute approximate surface area is 189 Å². The second-order valence-corrected chi connectivity index (χ2v) is 9.56. The molecule has 174 valence electrons. The summed E-state index contributed by atoms with van der Waals surface area (Å²) in [6.45, 7) is 6.68. The molecular weight excluding hydrogens is 408 g/mol. The fourth-order valence-corrected chi connectivity index (χ4v) is 5.02. The van der Waals surface area contributed by atoms with E-state index in [1.54, 1.807) is 14.2 Å². The maximum atomic E-state index is 13.0. The van der Waals surface area contributed by atoms with Gasteiger partial charge in [-0.2, -0.15) is 4.98 Å². The second kappa shape index (κ2) is 9.10. The Hall–Kier alpha value is -2.61. The number of likely N-dealkylation sites (tertiary alicyclic amines) is 2. The Morgan fingerprint density at radius 2 is 1.84 bits per heavy atom. The predicted octanol–water partition coefficient (Wildman–Crippen LogP) is 3.44. The Morgan fingerprint density at radius 3 is 2.41 bits per heavy atom. The Bertz CT molecular complexity index is 927. The van der Waals surface area contributed by atoms with E-state index in [1.807, 2.05) is 23.1 Å². The summed E-state index contributed by atoms with van der Waals surface area (Å²) in [5.41, 5.74) is 1.11. The number of rotatable bonds is 6. The minimum atomic E-state index is 0.151. The molecule has 8 heteroatoms. The number of amides is 1. The van der Waals surface area contributed by atoms with Crippen molar-refractivity contribution < 1.29 is 18.8 Å². The van der Waals surface area contributed by atoms with E-state index >= 15 is 0 Å². The van der Waals surface area contributed by atoms with E-state index in [1.165, 1.54) is 0 Å². The van der Waals surface area contributed by atoms with Gasteiger partial charge in [-0.3, -0.25) is 9.69 Å². The molecule has 0 aliphatic carbocycles. The Morgan fingerprint density at radius 1 is 1.19 bits per heavy atom. The summed E-state index contributed by atoms with van der Waals surface area (Å²) in [6, 6.07) is 5.80. The van der Waals surface area contributed by atoms with E-state index in [2.05, 4.69) is 35.9 Å². The summed E-state index contributed by atoms with van der Waals surface area (Å²) < 4.78 is 16.1. The maximum absolute atomic E-state index is 13.0. The van der Waals surface area contributed by atoms with Gasteiger partial charge in [0.15, 0.2) is 5.82 Å². The van der Waals surface area contributed by atoms with Crippen molar-refractivity contribution in [1.29, 1.82) is 0 Å². The number of aromatic nitrogens is 2. The van der Waals surface area contributed by atoms with Crippen molar-refractivity contribution in [3.8, 4) is 11.5 Å². The highest BCUT2D eigenvalue weighted by Gasteiger charge is 2.46. The summed E-state index contributed by atoms with van der Waals surface area (Å²) in [5.74, 6) is 3.27. The largest absolute Gasteiger partial charge is 0.497 e. The number of nitrogens with zero attached hydrogens (tertiary/aromatic N) is 4. The molecular formula is C24H34N4O4. The van der Waals surface area contributed by atoms with Gasteiger partial charge >= 0.3 is 0 Å². The molecule has 2 aliphatic rings. The lowest BCUT2D eigenvalue weighted by molar-refractivity contribution is -0.132. The third-order valence-corrected chi connectivity index (χ3v) is 6.94. The molecule has 0 saturated carbocycles. The van der Waals surface area contributed by atoms with Crippen LogP contribution in [0.2, 0.25) is 0 Å². The molecule has 8 nitrogen and oxygen atoms in total. The van der Waals surface area contributed by atoms with Gasteiger partial charge in [0.05, 0.1) is 26.7 Å². The molecule has 0 bridgehead atoms. The molecule has 2 aromatic rings. The molecule has 2 aliphatic heterocycles. The summed E-state index contributed by atoms with van der Waals surface area (Å²) in [5, 5.41) is 4.25. The van der Waals surface area contributed by atoms with E-state index in [9.17, 15) is 4.79 Å². The molecule has 1 amide bonds. The molecule has 32 heavy (non-hydrogen) atoms. The molecule has 2 fully saturated rings. The van der Waals surface area contributed by atoms with Gasteiger partial charge < -0.3 is 18.9 Å². The summed E-state index contributed by atoms with van der Waals surface area (Å²) >= 11 is 0. The van der Waals surface area contributed by atoms with Gasteiger partial charge in [-0.1, -0.05) is 19.0 Å². The zero-order valence-electron chi connectivity index (χ0n) is 19.8. The first-order valence-corrected chi connectivity index (χ1v) is 11.4. The highest BCUT2D eigenvalue weighted by Crippen LogP contribution is 2.47. The first-order chi connectivity index (χ1) is 15.3. The van der Waals surface area contributed by atoms with E-state index < -0.39 is 0 Å². The van der Waals surface area contributed by atoms with Gasteiger partial charge in [0.2, 0.25) is 11.8 Å². The minimum Gasteiger partial charge on any atom is -0.497 e. The van der Waals surface area contributed by atoms with E-state index in [0.717, 1.165) is 50.3 Å². The Kier molecular flexibility index (Phi) is 6.42. The van der Waals surface area contributed by atoms with Gasteiger partial charge in [-0.15, -0.1) is 0 Å². The molecule has 0 radical (unpaired) electrons. The maximum Gasteiger partial charge on any atom is 0.229 e. The molecule has 1 aromatic carbocycles. The Balaban J connectivity index is 1.37. The van der Waals surface area contributed by atoms with Crippen molar-refractivity contribution in [3.63, 3.8) is 0 Å². The predicted molar refractivity (Wildman–Crippen MR) is 120 cm³/mol. The number of piperidine rings is 1. The lowest BCUT2D eigenvalue weighted by atomic mass is 9.76. The van der Waals surface area contributed by atoms with E-state index in [4.69, 9.17) is 14.0 Å². The minimum absolute atomic E-state index is 0.151. The summed E-state index contributed by atoms with van der Waals surface area (Å²) in [6.07, 6.45) is 3.35. The zero-order chi connectivity index (χ0) is 22.9. The van der Waals surface area contributed by atoms with Gasteiger partial charge in [-0.05, 0) is 49.4 Å². The van der Waals surface area contributed by atoms with Crippen molar-refractivity contribution >= 4 is 5.91 Å². The monoisotopic (exact) mass is 442 g/mol. The number of benzene rings is 1. The van der Waals surface area contributed by atoms with Crippen molar-refractivity contribution in [2.45, 2.75) is 51.5 Å². The molecule has 4 rings (SSSR count). The van der Waals surface area contributed by atoms with Gasteiger partial charge in [-0.25, -0.2) is 0 Å². The molecule has 1 unspecified atom stereocenters. The van der Waals surface area contributed by atoms with Gasteiger partial charge in [0.1, 0.15) is 11.5 Å². The molecule has 3 heterocycles. The lowest BCUT2D eigenvalue weighted by Crippen LogP contribution is -2.44. The molecule has 2 saturated heterocycles. The van der Waals surface area contributed by atoms with Crippen LogP contribution in [0.4, 0.5) is 0 Å². The van der Waals surface area contributed by atoms with Crippen molar-refractivity contribution in [3.05, 3.63) is 35.5 Å². The molecule has 1 atom stereocenters. The number of ether oxygens (including phenoxy) is 2. The van der Waals surface area contributed by atoms with E-state index in [0.29, 0.717) is 23.8 Å². The average molecular weight is 443 g/mol. The third kappa shape index (κ3) is 4.60. The second-order valence-electron chi connectivity index (χ2n) is 9.56. The van der Waals surface area contributed by atoms with Crippen molar-refractivity contribution in [1.82, 2.24) is 19.9 Å². The quantitative estimate of drug-likeness (QED) is 0.678. The van der Waals surface area contributed by atoms with Crippen LogP contribution in [0.15, 0.2) is 22.7 Å². The van der Waals surface area contributed by atoms with Crippen LogP contribution in [0, 0.1) is 5.41 Å². The molecule has 0 N–H and O–H groups in total. The normalized spacial score (nSPS) is 20.8. The lowest BCUT2D eigenvalue weighted by Gasteiger charge is -2.39. The van der Waals surface area contributed by atoms with Crippen molar-refractivity contribution in [2.75, 3.05) is 40.9 Å². The average Bonchev–Trinajstić information content (AvgIpc) is 3.39. The number of carbonyl (C=O) groups is 1. The first-order valence-electron chi connectivity index (χ1n) is 11.4. The number of hydrogen-bond donors (Lipinski definition) is 0. The summed E-state index contributed by atoms with van der Waals surface area (Å²) in [7, 11) is 5.38. The van der Waals surface area contributed by atoms with Crippen LogP contribution < -0.4 is 9.47 Å². The number of methoxy groups -OCH3 is 2. The zero-order valence-corrected chi connectivity index (χ0v) is 19.8. The van der Waals surface area contributed by atoms with Crippen LogP contribution in [0.5, 0.6) is 11.5 Å². The van der Waals surface area contributed by atoms with Crippen LogP contribution in [0.1, 0.15) is 62.3 Å². The van der Waals surface area contributed by atoms with Crippen LogP contribution >= 0.6 is 0 Å². The number of carbonyl (C=O) groups excluding carboxylic acids is 1. The highest BCUT2D eigenvalue weighted by molar-refractivity contribution is 5.79. The standard InChI is InChI=1S/C24H34N4O4/c1-16(2)23-25-22(26-32-23)20-14-24(15-27(20)3)6-8-28(9-7-24)21(29)12-17-10-18(30-4)13-19(11-17)31-5/h10-11,13,16,20H,6-9,12,14-15H2,1-5H3. The van der Waals surface area contributed by atoms with Crippen LogP contribution in [0.25, 0.3) is 0 Å².